The Kier molecular flexibility index (Phi) is 7.04. The molecule has 0 aromatic rings. The van der Waals surface area contributed by atoms with Gasteiger partial charge in [0, 0.05) is 6.04 Å². The van der Waals surface area contributed by atoms with Crippen LogP contribution in [0.15, 0.2) is 0 Å². The summed E-state index contributed by atoms with van der Waals surface area (Å²) in [6.07, 6.45) is 5.34. The monoisotopic (exact) mass is 143 g/mol. The number of hydrogen-bond donors (Lipinski definition) is 1. The van der Waals surface area contributed by atoms with E-state index in [1.165, 1.54) is 32.2 Å². The Labute approximate surface area is 65.2 Å². The van der Waals surface area contributed by atoms with E-state index < -0.39 is 0 Å². The summed E-state index contributed by atoms with van der Waals surface area (Å²) in [4.78, 5) is 0. The molecule has 1 aliphatic rings. The minimum atomic E-state index is 0.847. The topological polar surface area (TPSA) is 12.0 Å². The van der Waals surface area contributed by atoms with Crippen molar-refractivity contribution in [2.24, 2.45) is 0 Å². The fraction of sp³-hybridized carbons (Fsp3) is 1.00. The van der Waals surface area contributed by atoms with Crippen molar-refractivity contribution in [3.8, 4) is 0 Å². The average Bonchev–Trinajstić information content (AvgIpc) is 2.39. The molecule has 1 aliphatic heterocycles. The van der Waals surface area contributed by atoms with Crippen LogP contribution in [-0.2, 0) is 0 Å². The number of rotatable bonds is 1. The molecule has 1 heterocycles. The van der Waals surface area contributed by atoms with Crippen LogP contribution in [0.5, 0.6) is 0 Å². The van der Waals surface area contributed by atoms with Gasteiger partial charge in [-0.25, -0.2) is 0 Å². The summed E-state index contributed by atoms with van der Waals surface area (Å²) >= 11 is 0. The van der Waals surface area contributed by atoms with E-state index in [4.69, 9.17) is 0 Å². The molecular formula is C9H21N. The summed E-state index contributed by atoms with van der Waals surface area (Å²) in [7, 11) is 0. The van der Waals surface area contributed by atoms with Crippen molar-refractivity contribution < 1.29 is 0 Å². The summed E-state index contributed by atoms with van der Waals surface area (Å²) in [5.41, 5.74) is 0. The Balaban J connectivity index is 0.000000236. The van der Waals surface area contributed by atoms with Crippen molar-refractivity contribution in [2.75, 3.05) is 6.54 Å². The van der Waals surface area contributed by atoms with Gasteiger partial charge in [-0.1, -0.05) is 27.2 Å². The van der Waals surface area contributed by atoms with E-state index in [9.17, 15) is 0 Å². The van der Waals surface area contributed by atoms with Gasteiger partial charge in [-0.2, -0.15) is 0 Å². The molecule has 62 valence electrons. The van der Waals surface area contributed by atoms with E-state index in [2.05, 4.69) is 26.1 Å². The van der Waals surface area contributed by atoms with E-state index in [1.54, 1.807) is 0 Å². The molecule has 0 spiro atoms. The molecule has 1 rings (SSSR count). The fourth-order valence-electron chi connectivity index (χ4n) is 1.11. The van der Waals surface area contributed by atoms with Gasteiger partial charge in [-0.15, -0.1) is 0 Å². The second kappa shape index (κ2) is 7.07. The first-order valence-corrected chi connectivity index (χ1v) is 4.58. The molecule has 1 fully saturated rings. The Morgan fingerprint density at radius 3 is 2.10 bits per heavy atom. The molecule has 1 unspecified atom stereocenters. The van der Waals surface area contributed by atoms with Crippen molar-refractivity contribution in [3.63, 3.8) is 0 Å². The molecule has 1 atom stereocenters. The maximum Gasteiger partial charge on any atom is 0.00649 e. The third-order valence-electron chi connectivity index (χ3n) is 1.66. The molecular weight excluding hydrogens is 122 g/mol. The van der Waals surface area contributed by atoms with Crippen LogP contribution in [0.3, 0.4) is 0 Å². The lowest BCUT2D eigenvalue weighted by atomic mass is 10.2. The Hall–Kier alpha value is -0.0400. The molecule has 1 heteroatoms. The van der Waals surface area contributed by atoms with Crippen LogP contribution in [0, 0.1) is 0 Å². The van der Waals surface area contributed by atoms with E-state index in [0.717, 1.165) is 6.04 Å². The summed E-state index contributed by atoms with van der Waals surface area (Å²) in [5.74, 6) is 0. The van der Waals surface area contributed by atoms with Crippen molar-refractivity contribution >= 4 is 0 Å². The van der Waals surface area contributed by atoms with Gasteiger partial charge in [0.15, 0.2) is 0 Å². The first-order valence-electron chi connectivity index (χ1n) is 4.58. The molecule has 1 nitrogen and oxygen atoms in total. The van der Waals surface area contributed by atoms with Gasteiger partial charge >= 0.3 is 0 Å². The predicted octanol–water partition coefficient (Wildman–Crippen LogP) is 2.56. The van der Waals surface area contributed by atoms with Crippen molar-refractivity contribution in [2.45, 2.75) is 52.5 Å². The van der Waals surface area contributed by atoms with Gasteiger partial charge in [-0.05, 0) is 25.8 Å². The van der Waals surface area contributed by atoms with Gasteiger partial charge in [-0.3, -0.25) is 0 Å². The van der Waals surface area contributed by atoms with Gasteiger partial charge in [0.25, 0.3) is 0 Å². The van der Waals surface area contributed by atoms with Gasteiger partial charge in [0.05, 0.1) is 0 Å². The molecule has 0 aromatic carbocycles. The van der Waals surface area contributed by atoms with Crippen LogP contribution < -0.4 is 5.32 Å². The standard InChI is InChI=1S/C6H13N.C3H8/c1-2-6-4-3-5-7-6;1-3-2/h6-7H,2-5H2,1H3;3H2,1-2H3. The summed E-state index contributed by atoms with van der Waals surface area (Å²) in [6.45, 7) is 7.74. The van der Waals surface area contributed by atoms with E-state index in [0.29, 0.717) is 0 Å². The molecule has 0 bridgehead atoms. The predicted molar refractivity (Wildman–Crippen MR) is 47.3 cm³/mol. The van der Waals surface area contributed by atoms with Gasteiger partial charge in [0.2, 0.25) is 0 Å². The molecule has 0 amide bonds. The van der Waals surface area contributed by atoms with E-state index >= 15 is 0 Å². The van der Waals surface area contributed by atoms with E-state index in [-0.39, 0.29) is 0 Å². The van der Waals surface area contributed by atoms with Crippen LogP contribution in [-0.4, -0.2) is 12.6 Å². The highest BCUT2D eigenvalue weighted by Gasteiger charge is 2.09. The van der Waals surface area contributed by atoms with E-state index in [1.807, 2.05) is 0 Å². The highest BCUT2D eigenvalue weighted by molar-refractivity contribution is 4.71. The molecule has 0 saturated carbocycles. The average molecular weight is 143 g/mol. The quantitative estimate of drug-likeness (QED) is 0.595. The second-order valence-electron chi connectivity index (χ2n) is 2.91. The van der Waals surface area contributed by atoms with Crippen molar-refractivity contribution in [1.29, 1.82) is 0 Å². The molecule has 0 radical (unpaired) electrons. The second-order valence-corrected chi connectivity index (χ2v) is 2.91. The SMILES string of the molecule is CCC.CCC1CCCN1. The zero-order valence-electron chi connectivity index (χ0n) is 7.61. The lowest BCUT2D eigenvalue weighted by Gasteiger charge is -2.02. The zero-order valence-corrected chi connectivity index (χ0v) is 7.61. The first kappa shape index (κ1) is 9.96. The minimum Gasteiger partial charge on any atom is -0.314 e. The Bertz CT molecular complexity index is 55.7. The first-order chi connectivity index (χ1) is 4.85. The highest BCUT2D eigenvalue weighted by Crippen LogP contribution is 2.06. The largest absolute Gasteiger partial charge is 0.314 e. The smallest absolute Gasteiger partial charge is 0.00649 e. The third kappa shape index (κ3) is 4.80. The summed E-state index contributed by atoms with van der Waals surface area (Å²) < 4.78 is 0. The summed E-state index contributed by atoms with van der Waals surface area (Å²) in [5, 5.41) is 3.41. The van der Waals surface area contributed by atoms with Crippen LogP contribution in [0.2, 0.25) is 0 Å². The molecule has 0 aromatic heterocycles. The third-order valence-corrected chi connectivity index (χ3v) is 1.66. The number of nitrogens with one attached hydrogen (secondary N) is 1. The molecule has 1 N–H and O–H groups in total. The lowest BCUT2D eigenvalue weighted by molar-refractivity contribution is 0.587. The van der Waals surface area contributed by atoms with Crippen LogP contribution in [0.1, 0.15) is 46.5 Å². The van der Waals surface area contributed by atoms with Gasteiger partial charge in [0.1, 0.15) is 0 Å². The van der Waals surface area contributed by atoms with Crippen LogP contribution >= 0.6 is 0 Å². The molecule has 0 aliphatic carbocycles. The van der Waals surface area contributed by atoms with Crippen LogP contribution in [0.4, 0.5) is 0 Å². The normalized spacial score (nSPS) is 23.7. The number of hydrogen-bond acceptors (Lipinski definition) is 1. The highest BCUT2D eigenvalue weighted by atomic mass is 14.9. The van der Waals surface area contributed by atoms with Gasteiger partial charge < -0.3 is 5.32 Å². The maximum absolute atomic E-state index is 3.41. The fourth-order valence-corrected chi connectivity index (χ4v) is 1.11. The summed E-state index contributed by atoms with van der Waals surface area (Å²) in [6, 6.07) is 0.847. The Morgan fingerprint density at radius 1 is 1.30 bits per heavy atom. The van der Waals surface area contributed by atoms with Crippen molar-refractivity contribution in [3.05, 3.63) is 0 Å². The molecule has 10 heavy (non-hydrogen) atoms. The lowest BCUT2D eigenvalue weighted by Crippen LogP contribution is -2.19. The maximum atomic E-state index is 3.41. The Morgan fingerprint density at radius 2 is 1.90 bits per heavy atom. The zero-order chi connectivity index (χ0) is 7.82. The molecule has 1 saturated heterocycles. The minimum absolute atomic E-state index is 0.847. The van der Waals surface area contributed by atoms with Crippen LogP contribution in [0.25, 0.3) is 0 Å². The van der Waals surface area contributed by atoms with Crippen molar-refractivity contribution in [1.82, 2.24) is 5.32 Å².